The summed E-state index contributed by atoms with van der Waals surface area (Å²) in [4.78, 5) is 3.28. The third-order valence-corrected chi connectivity index (χ3v) is 3.41. The molecule has 2 nitrogen and oxygen atoms in total. The van der Waals surface area contributed by atoms with Gasteiger partial charge in [-0.05, 0) is 49.5 Å². The molecule has 86 valence electrons. The summed E-state index contributed by atoms with van der Waals surface area (Å²) < 4.78 is 0. The molecule has 1 aliphatic heterocycles. The van der Waals surface area contributed by atoms with Crippen LogP contribution in [0.4, 0.5) is 0 Å². The molecule has 0 bridgehead atoms. The molecule has 0 unspecified atom stereocenters. The predicted octanol–water partition coefficient (Wildman–Crippen LogP) is 3.06. The van der Waals surface area contributed by atoms with E-state index in [-0.39, 0.29) is 12.4 Å². The van der Waals surface area contributed by atoms with Gasteiger partial charge in [0.25, 0.3) is 0 Å². The van der Waals surface area contributed by atoms with Gasteiger partial charge in [-0.1, -0.05) is 12.1 Å². The van der Waals surface area contributed by atoms with Crippen molar-refractivity contribution in [3.63, 3.8) is 0 Å². The summed E-state index contributed by atoms with van der Waals surface area (Å²) in [6, 6.07) is 8.80. The first-order valence-electron chi connectivity index (χ1n) is 5.72. The van der Waals surface area contributed by atoms with E-state index in [1.807, 2.05) is 6.20 Å². The second kappa shape index (κ2) is 4.89. The number of nitrogens with one attached hydrogen (secondary N) is 2. The molecule has 0 amide bonds. The highest BCUT2D eigenvalue weighted by atomic mass is 35.5. The molecule has 0 spiro atoms. The number of halogens is 1. The first-order chi connectivity index (χ1) is 7.45. The van der Waals surface area contributed by atoms with Crippen molar-refractivity contribution in [3.8, 4) is 0 Å². The molecule has 1 aromatic heterocycles. The average Bonchev–Trinajstić information content (AvgIpc) is 2.78. The van der Waals surface area contributed by atoms with Crippen LogP contribution in [0.3, 0.4) is 0 Å². The number of hydrogen-bond donors (Lipinski definition) is 2. The third kappa shape index (κ3) is 1.95. The molecule has 2 heterocycles. The lowest BCUT2D eigenvalue weighted by Crippen LogP contribution is -2.26. The Bertz CT molecular complexity index is 458. The molecular weight excluding hydrogens is 220 g/mol. The Balaban J connectivity index is 0.000000963. The van der Waals surface area contributed by atoms with Crippen molar-refractivity contribution in [3.05, 3.63) is 36.0 Å². The standard InChI is InChI=1S/C13H16N2.ClH/c1-2-11(10-4-7-14-8-5-10)12-6-9-15-13(12)3-1;/h1-3,6,9-10,14-15H,4-5,7-8H2;1H. The zero-order chi connectivity index (χ0) is 10.1. The number of fused-ring (bicyclic) bond motifs is 1. The van der Waals surface area contributed by atoms with Crippen molar-refractivity contribution in [1.82, 2.24) is 10.3 Å². The summed E-state index contributed by atoms with van der Waals surface area (Å²) in [5.41, 5.74) is 2.79. The minimum atomic E-state index is 0. The van der Waals surface area contributed by atoms with Crippen molar-refractivity contribution in [2.45, 2.75) is 18.8 Å². The van der Waals surface area contributed by atoms with E-state index in [9.17, 15) is 0 Å². The van der Waals surface area contributed by atoms with E-state index in [0.717, 1.165) is 19.0 Å². The molecule has 2 aromatic rings. The Labute approximate surface area is 102 Å². The van der Waals surface area contributed by atoms with Gasteiger partial charge in [-0.3, -0.25) is 0 Å². The second-order valence-corrected chi connectivity index (χ2v) is 4.31. The molecule has 3 rings (SSSR count). The maximum Gasteiger partial charge on any atom is 0.0456 e. The smallest absolute Gasteiger partial charge is 0.0456 e. The first-order valence-corrected chi connectivity index (χ1v) is 5.72. The minimum absolute atomic E-state index is 0. The van der Waals surface area contributed by atoms with Crippen molar-refractivity contribution >= 4 is 23.3 Å². The van der Waals surface area contributed by atoms with Crippen LogP contribution < -0.4 is 5.32 Å². The summed E-state index contributed by atoms with van der Waals surface area (Å²) in [7, 11) is 0. The van der Waals surface area contributed by atoms with E-state index < -0.39 is 0 Å². The summed E-state index contributed by atoms with van der Waals surface area (Å²) in [5, 5.41) is 4.83. The molecule has 0 aliphatic carbocycles. The molecule has 16 heavy (non-hydrogen) atoms. The largest absolute Gasteiger partial charge is 0.361 e. The molecule has 0 atom stereocenters. The van der Waals surface area contributed by atoms with Gasteiger partial charge in [0, 0.05) is 17.1 Å². The van der Waals surface area contributed by atoms with Gasteiger partial charge in [-0.15, -0.1) is 12.4 Å². The van der Waals surface area contributed by atoms with Crippen LogP contribution in [0.2, 0.25) is 0 Å². The number of H-pyrrole nitrogens is 1. The van der Waals surface area contributed by atoms with Crippen molar-refractivity contribution < 1.29 is 0 Å². The molecular formula is C13H17ClN2. The van der Waals surface area contributed by atoms with Crippen LogP contribution >= 0.6 is 12.4 Å². The van der Waals surface area contributed by atoms with Crippen molar-refractivity contribution in [2.24, 2.45) is 0 Å². The quantitative estimate of drug-likeness (QED) is 0.783. The topological polar surface area (TPSA) is 27.8 Å². The van der Waals surface area contributed by atoms with E-state index >= 15 is 0 Å². The van der Waals surface area contributed by atoms with Crippen molar-refractivity contribution in [1.29, 1.82) is 0 Å². The Hall–Kier alpha value is -0.990. The maximum atomic E-state index is 3.42. The number of aromatic nitrogens is 1. The molecule has 3 heteroatoms. The van der Waals surface area contributed by atoms with Crippen LogP contribution in [-0.2, 0) is 0 Å². The lowest BCUT2D eigenvalue weighted by atomic mass is 9.88. The van der Waals surface area contributed by atoms with E-state index in [1.165, 1.54) is 29.3 Å². The molecule has 1 aromatic carbocycles. The lowest BCUT2D eigenvalue weighted by molar-refractivity contribution is 0.462. The number of aromatic amines is 1. The fourth-order valence-corrected chi connectivity index (χ4v) is 2.60. The van der Waals surface area contributed by atoms with Gasteiger partial charge in [0.2, 0.25) is 0 Å². The highest BCUT2D eigenvalue weighted by Gasteiger charge is 2.17. The highest BCUT2D eigenvalue weighted by molar-refractivity contribution is 5.85. The summed E-state index contributed by atoms with van der Waals surface area (Å²) >= 11 is 0. The van der Waals surface area contributed by atoms with Crippen molar-refractivity contribution in [2.75, 3.05) is 13.1 Å². The van der Waals surface area contributed by atoms with Crippen LogP contribution in [0.5, 0.6) is 0 Å². The van der Waals surface area contributed by atoms with Crippen LogP contribution in [0.1, 0.15) is 24.3 Å². The highest BCUT2D eigenvalue weighted by Crippen LogP contribution is 2.30. The maximum absolute atomic E-state index is 3.42. The number of piperidine rings is 1. The Kier molecular flexibility index (Phi) is 3.52. The van der Waals surface area contributed by atoms with Gasteiger partial charge in [-0.25, -0.2) is 0 Å². The molecule has 1 saturated heterocycles. The van der Waals surface area contributed by atoms with Crippen LogP contribution in [0, 0.1) is 0 Å². The van der Waals surface area contributed by atoms with Crippen LogP contribution in [-0.4, -0.2) is 18.1 Å². The number of benzene rings is 1. The SMILES string of the molecule is Cl.c1cc(C2CCNCC2)c2cc[nH]c2c1. The van der Waals surface area contributed by atoms with Crippen LogP contribution in [0.15, 0.2) is 30.5 Å². The molecule has 1 fully saturated rings. The van der Waals surface area contributed by atoms with Gasteiger partial charge in [-0.2, -0.15) is 0 Å². The Morgan fingerprint density at radius 3 is 2.69 bits per heavy atom. The number of hydrogen-bond acceptors (Lipinski definition) is 1. The zero-order valence-corrected chi connectivity index (χ0v) is 10.0. The second-order valence-electron chi connectivity index (χ2n) is 4.31. The van der Waals surface area contributed by atoms with E-state index in [4.69, 9.17) is 0 Å². The normalized spacial score (nSPS) is 17.2. The fraction of sp³-hybridized carbons (Fsp3) is 0.385. The summed E-state index contributed by atoms with van der Waals surface area (Å²) in [6.07, 6.45) is 4.57. The molecule has 0 radical (unpaired) electrons. The van der Waals surface area contributed by atoms with Gasteiger partial charge in [0.05, 0.1) is 0 Å². The zero-order valence-electron chi connectivity index (χ0n) is 9.20. The van der Waals surface area contributed by atoms with Gasteiger partial charge >= 0.3 is 0 Å². The lowest BCUT2D eigenvalue weighted by Gasteiger charge is -2.23. The van der Waals surface area contributed by atoms with Crippen LogP contribution in [0.25, 0.3) is 10.9 Å². The van der Waals surface area contributed by atoms with E-state index in [1.54, 1.807) is 0 Å². The summed E-state index contributed by atoms with van der Waals surface area (Å²) in [6.45, 7) is 2.32. The van der Waals surface area contributed by atoms with Gasteiger partial charge in [0.1, 0.15) is 0 Å². The predicted molar refractivity (Wildman–Crippen MR) is 70.4 cm³/mol. The monoisotopic (exact) mass is 236 g/mol. The average molecular weight is 237 g/mol. The molecule has 0 saturated carbocycles. The Morgan fingerprint density at radius 2 is 1.88 bits per heavy atom. The fourth-order valence-electron chi connectivity index (χ4n) is 2.60. The first kappa shape index (κ1) is 11.5. The molecule has 2 N–H and O–H groups in total. The third-order valence-electron chi connectivity index (χ3n) is 3.41. The number of rotatable bonds is 1. The molecule has 1 aliphatic rings. The van der Waals surface area contributed by atoms with Gasteiger partial charge in [0.15, 0.2) is 0 Å². The van der Waals surface area contributed by atoms with Gasteiger partial charge < -0.3 is 10.3 Å². The van der Waals surface area contributed by atoms with E-state index in [2.05, 4.69) is 34.6 Å². The Morgan fingerprint density at radius 1 is 1.06 bits per heavy atom. The van der Waals surface area contributed by atoms with E-state index in [0.29, 0.717) is 0 Å². The minimum Gasteiger partial charge on any atom is -0.361 e. The summed E-state index contributed by atoms with van der Waals surface area (Å²) in [5.74, 6) is 0.741.